The number of amides is 1. The van der Waals surface area contributed by atoms with Crippen molar-refractivity contribution in [2.24, 2.45) is 0 Å². The zero-order valence-corrected chi connectivity index (χ0v) is 10.4. The molecule has 0 radical (unpaired) electrons. The number of nitrogens with two attached hydrogens (primary N) is 1. The van der Waals surface area contributed by atoms with Crippen LogP contribution in [-0.2, 0) is 0 Å². The molecule has 1 aliphatic rings. The predicted octanol–water partition coefficient (Wildman–Crippen LogP) is 2.59. The number of aryl methyl sites for hydroxylation is 1. The summed E-state index contributed by atoms with van der Waals surface area (Å²) >= 11 is 0. The number of anilines is 1. The molecule has 1 amide bonds. The summed E-state index contributed by atoms with van der Waals surface area (Å²) in [5.41, 5.74) is 8.26. The Kier molecular flexibility index (Phi) is 3.67. The molecule has 1 aromatic rings. The highest BCUT2D eigenvalue weighted by atomic mass is 16.2. The minimum atomic E-state index is 0.0874. The van der Waals surface area contributed by atoms with Crippen LogP contribution in [0, 0.1) is 6.92 Å². The molecule has 0 unspecified atom stereocenters. The van der Waals surface area contributed by atoms with Gasteiger partial charge in [-0.3, -0.25) is 4.79 Å². The predicted molar refractivity (Wildman–Crippen MR) is 70.0 cm³/mol. The van der Waals surface area contributed by atoms with Crippen molar-refractivity contribution in [3.05, 3.63) is 29.3 Å². The molecule has 0 saturated carbocycles. The number of carbonyl (C=O) groups is 1. The molecule has 0 atom stereocenters. The molecule has 92 valence electrons. The van der Waals surface area contributed by atoms with Gasteiger partial charge in [-0.15, -0.1) is 0 Å². The van der Waals surface area contributed by atoms with E-state index in [4.69, 9.17) is 5.73 Å². The van der Waals surface area contributed by atoms with Crippen LogP contribution >= 0.6 is 0 Å². The van der Waals surface area contributed by atoms with Crippen LogP contribution in [0.5, 0.6) is 0 Å². The van der Waals surface area contributed by atoms with Crippen LogP contribution in [0.1, 0.15) is 41.6 Å². The highest BCUT2D eigenvalue weighted by molar-refractivity contribution is 5.99. The van der Waals surface area contributed by atoms with Gasteiger partial charge in [0.05, 0.1) is 5.56 Å². The molecular weight excluding hydrogens is 212 g/mol. The Hall–Kier alpha value is -1.51. The molecule has 3 heteroatoms. The van der Waals surface area contributed by atoms with Crippen LogP contribution in [0.15, 0.2) is 18.2 Å². The van der Waals surface area contributed by atoms with Gasteiger partial charge in [0.1, 0.15) is 0 Å². The van der Waals surface area contributed by atoms with Gasteiger partial charge in [-0.25, -0.2) is 0 Å². The van der Waals surface area contributed by atoms with Gasteiger partial charge >= 0.3 is 0 Å². The van der Waals surface area contributed by atoms with Gasteiger partial charge < -0.3 is 10.6 Å². The second kappa shape index (κ2) is 5.21. The third-order valence-electron chi connectivity index (χ3n) is 3.33. The minimum absolute atomic E-state index is 0.0874. The molecule has 1 aliphatic heterocycles. The highest BCUT2D eigenvalue weighted by Gasteiger charge is 2.18. The van der Waals surface area contributed by atoms with Gasteiger partial charge in [0.25, 0.3) is 5.91 Å². The van der Waals surface area contributed by atoms with Crippen LogP contribution < -0.4 is 5.73 Å². The van der Waals surface area contributed by atoms with Crippen LogP contribution in [0.25, 0.3) is 0 Å². The molecule has 0 spiro atoms. The van der Waals surface area contributed by atoms with E-state index in [0.29, 0.717) is 11.3 Å². The fourth-order valence-corrected chi connectivity index (χ4v) is 2.32. The molecule has 0 aromatic heterocycles. The highest BCUT2D eigenvalue weighted by Crippen LogP contribution is 2.18. The van der Waals surface area contributed by atoms with Gasteiger partial charge in [0.2, 0.25) is 0 Å². The third-order valence-corrected chi connectivity index (χ3v) is 3.33. The normalized spacial score (nSPS) is 16.6. The van der Waals surface area contributed by atoms with E-state index in [1.165, 1.54) is 12.8 Å². The summed E-state index contributed by atoms with van der Waals surface area (Å²) in [6.45, 7) is 3.72. The number of rotatable bonds is 1. The van der Waals surface area contributed by atoms with Crippen molar-refractivity contribution in [3.8, 4) is 0 Å². The monoisotopic (exact) mass is 232 g/mol. The van der Waals surface area contributed by atoms with E-state index >= 15 is 0 Å². The standard InChI is InChI=1S/C14H20N2O/c1-11-6-7-12(13(15)10-11)14(17)16-8-4-2-3-5-9-16/h6-7,10H,2-5,8-9,15H2,1H3. The topological polar surface area (TPSA) is 46.3 Å². The Morgan fingerprint density at radius 2 is 1.82 bits per heavy atom. The molecule has 2 N–H and O–H groups in total. The maximum atomic E-state index is 12.3. The van der Waals surface area contributed by atoms with Gasteiger partial charge in [-0.1, -0.05) is 18.9 Å². The van der Waals surface area contributed by atoms with E-state index in [0.717, 1.165) is 31.5 Å². The average molecular weight is 232 g/mol. The molecule has 1 saturated heterocycles. The van der Waals surface area contributed by atoms with E-state index < -0.39 is 0 Å². The number of hydrogen-bond acceptors (Lipinski definition) is 2. The van der Waals surface area contributed by atoms with Crippen molar-refractivity contribution in [2.45, 2.75) is 32.6 Å². The SMILES string of the molecule is Cc1ccc(C(=O)N2CCCCCC2)c(N)c1. The van der Waals surface area contributed by atoms with Gasteiger partial charge in [0.15, 0.2) is 0 Å². The Labute approximate surface area is 103 Å². The molecule has 1 heterocycles. The van der Waals surface area contributed by atoms with Gasteiger partial charge in [-0.2, -0.15) is 0 Å². The number of benzene rings is 1. The van der Waals surface area contributed by atoms with Gasteiger partial charge in [0, 0.05) is 18.8 Å². The average Bonchev–Trinajstić information content (AvgIpc) is 2.56. The Balaban J connectivity index is 2.17. The molecular formula is C14H20N2O. The first-order chi connectivity index (χ1) is 8.18. The van der Waals surface area contributed by atoms with E-state index in [1.54, 1.807) is 0 Å². The lowest BCUT2D eigenvalue weighted by atomic mass is 10.1. The zero-order valence-electron chi connectivity index (χ0n) is 10.4. The zero-order chi connectivity index (χ0) is 12.3. The molecule has 2 rings (SSSR count). The lowest BCUT2D eigenvalue weighted by molar-refractivity contribution is 0.0762. The number of nitrogen functional groups attached to an aromatic ring is 1. The third kappa shape index (κ3) is 2.78. The Bertz CT molecular complexity index is 407. The number of hydrogen-bond donors (Lipinski definition) is 1. The maximum Gasteiger partial charge on any atom is 0.255 e. The second-order valence-corrected chi connectivity index (χ2v) is 4.80. The van der Waals surface area contributed by atoms with Crippen LogP contribution in [0.2, 0.25) is 0 Å². The van der Waals surface area contributed by atoms with Crippen LogP contribution in [0.3, 0.4) is 0 Å². The van der Waals surface area contributed by atoms with Crippen LogP contribution in [0.4, 0.5) is 5.69 Å². The summed E-state index contributed by atoms with van der Waals surface area (Å²) in [5, 5.41) is 0. The summed E-state index contributed by atoms with van der Waals surface area (Å²) in [7, 11) is 0. The first-order valence-corrected chi connectivity index (χ1v) is 6.34. The van der Waals surface area contributed by atoms with Gasteiger partial charge in [-0.05, 0) is 37.5 Å². The Morgan fingerprint density at radius 1 is 1.18 bits per heavy atom. The summed E-state index contributed by atoms with van der Waals surface area (Å²) in [4.78, 5) is 14.3. The quantitative estimate of drug-likeness (QED) is 0.756. The summed E-state index contributed by atoms with van der Waals surface area (Å²) < 4.78 is 0. The molecule has 1 aromatic carbocycles. The van der Waals surface area contributed by atoms with Crippen molar-refractivity contribution >= 4 is 11.6 Å². The lowest BCUT2D eigenvalue weighted by Crippen LogP contribution is -2.32. The van der Waals surface area contributed by atoms with Crippen molar-refractivity contribution in [2.75, 3.05) is 18.8 Å². The van der Waals surface area contributed by atoms with Crippen molar-refractivity contribution < 1.29 is 4.79 Å². The van der Waals surface area contributed by atoms with Crippen molar-refractivity contribution in [3.63, 3.8) is 0 Å². The minimum Gasteiger partial charge on any atom is -0.398 e. The first-order valence-electron chi connectivity index (χ1n) is 6.34. The number of likely N-dealkylation sites (tertiary alicyclic amines) is 1. The second-order valence-electron chi connectivity index (χ2n) is 4.80. The van der Waals surface area contributed by atoms with Crippen molar-refractivity contribution in [1.82, 2.24) is 4.90 Å². The van der Waals surface area contributed by atoms with E-state index in [-0.39, 0.29) is 5.91 Å². The molecule has 17 heavy (non-hydrogen) atoms. The molecule has 1 fully saturated rings. The van der Waals surface area contributed by atoms with Crippen LogP contribution in [-0.4, -0.2) is 23.9 Å². The van der Waals surface area contributed by atoms with Crippen molar-refractivity contribution in [1.29, 1.82) is 0 Å². The number of carbonyl (C=O) groups excluding carboxylic acids is 1. The fraction of sp³-hybridized carbons (Fsp3) is 0.500. The summed E-state index contributed by atoms with van der Waals surface area (Å²) in [6.07, 6.45) is 4.68. The summed E-state index contributed by atoms with van der Waals surface area (Å²) in [5.74, 6) is 0.0874. The lowest BCUT2D eigenvalue weighted by Gasteiger charge is -2.21. The maximum absolute atomic E-state index is 12.3. The molecule has 0 aliphatic carbocycles. The molecule has 3 nitrogen and oxygen atoms in total. The number of nitrogens with zero attached hydrogens (tertiary/aromatic N) is 1. The smallest absolute Gasteiger partial charge is 0.255 e. The van der Waals surface area contributed by atoms with E-state index in [2.05, 4.69) is 0 Å². The first kappa shape index (κ1) is 12.0. The van der Waals surface area contributed by atoms with E-state index in [1.807, 2.05) is 30.0 Å². The molecule has 0 bridgehead atoms. The summed E-state index contributed by atoms with van der Waals surface area (Å²) in [6, 6.07) is 5.66. The fourth-order valence-electron chi connectivity index (χ4n) is 2.32. The largest absolute Gasteiger partial charge is 0.398 e. The van der Waals surface area contributed by atoms with E-state index in [9.17, 15) is 4.79 Å². The Morgan fingerprint density at radius 3 is 2.41 bits per heavy atom.